The molecule has 1 aliphatic heterocycles. The van der Waals surface area contributed by atoms with Crippen LogP contribution in [-0.4, -0.2) is 64.4 Å². The van der Waals surface area contributed by atoms with Crippen molar-refractivity contribution in [3.63, 3.8) is 0 Å². The summed E-state index contributed by atoms with van der Waals surface area (Å²) in [5.41, 5.74) is 2.85. The van der Waals surface area contributed by atoms with Crippen LogP contribution in [0.1, 0.15) is 12.0 Å². The zero-order valence-corrected chi connectivity index (χ0v) is 20.8. The van der Waals surface area contributed by atoms with E-state index >= 15 is 0 Å². The molecule has 3 aromatic rings. The minimum Gasteiger partial charge on any atom is -0.493 e. The maximum atomic E-state index is 12.8. The van der Waals surface area contributed by atoms with Crippen LogP contribution in [-0.2, 0) is 16.0 Å². The van der Waals surface area contributed by atoms with Crippen LogP contribution in [0.4, 0.5) is 4.39 Å². The Morgan fingerprint density at radius 2 is 1.64 bits per heavy atom. The maximum Gasteiger partial charge on any atom is 0.227 e. The third-order valence-electron chi connectivity index (χ3n) is 6.56. The zero-order valence-electron chi connectivity index (χ0n) is 20.8. The number of nitrogens with one attached hydrogen (secondary N) is 1. The van der Waals surface area contributed by atoms with E-state index in [-0.39, 0.29) is 30.7 Å². The van der Waals surface area contributed by atoms with Crippen LogP contribution >= 0.6 is 0 Å². The molecule has 8 heteroatoms. The van der Waals surface area contributed by atoms with Gasteiger partial charge in [-0.1, -0.05) is 30.3 Å². The third kappa shape index (κ3) is 5.37. The van der Waals surface area contributed by atoms with Gasteiger partial charge in [-0.25, -0.2) is 4.39 Å². The van der Waals surface area contributed by atoms with Crippen LogP contribution in [0.15, 0.2) is 48.5 Å². The van der Waals surface area contributed by atoms with Gasteiger partial charge in [0.15, 0.2) is 11.5 Å². The van der Waals surface area contributed by atoms with E-state index in [1.807, 2.05) is 42.5 Å². The van der Waals surface area contributed by atoms with Crippen LogP contribution in [0.5, 0.6) is 17.2 Å². The number of benzene rings is 3. The second-order valence-electron chi connectivity index (χ2n) is 8.79. The highest BCUT2D eigenvalue weighted by Crippen LogP contribution is 2.41. The molecule has 1 saturated heterocycles. The predicted molar refractivity (Wildman–Crippen MR) is 136 cm³/mol. The summed E-state index contributed by atoms with van der Waals surface area (Å²) in [5, 5.41) is 4.64. The number of nitrogens with zero attached hydrogens (tertiary/aromatic N) is 1. The average molecular weight is 495 g/mol. The van der Waals surface area contributed by atoms with Crippen LogP contribution in [0.2, 0.25) is 0 Å². The van der Waals surface area contributed by atoms with Gasteiger partial charge in [-0.2, -0.15) is 0 Å². The molecular formula is C28H31FN2O5. The highest BCUT2D eigenvalue weighted by atomic mass is 19.1. The summed E-state index contributed by atoms with van der Waals surface area (Å²) in [7, 11) is 4.76. The highest BCUT2D eigenvalue weighted by Gasteiger charge is 2.30. The van der Waals surface area contributed by atoms with Gasteiger partial charge in [0.1, 0.15) is 6.67 Å². The molecule has 4 rings (SSSR count). The molecule has 0 aliphatic carbocycles. The summed E-state index contributed by atoms with van der Waals surface area (Å²) in [6.45, 7) is 0.343. The topological polar surface area (TPSA) is 77.1 Å². The summed E-state index contributed by atoms with van der Waals surface area (Å²) < 4.78 is 28.7. The van der Waals surface area contributed by atoms with Gasteiger partial charge in [0, 0.05) is 19.6 Å². The molecule has 1 fully saturated rings. The van der Waals surface area contributed by atoms with Gasteiger partial charge < -0.3 is 24.4 Å². The molecular weight excluding hydrogens is 463 g/mol. The second kappa shape index (κ2) is 11.3. The van der Waals surface area contributed by atoms with Crippen molar-refractivity contribution in [2.45, 2.75) is 12.8 Å². The van der Waals surface area contributed by atoms with Gasteiger partial charge in [-0.05, 0) is 52.1 Å². The molecule has 0 bridgehead atoms. The Morgan fingerprint density at radius 3 is 2.31 bits per heavy atom. The van der Waals surface area contributed by atoms with Gasteiger partial charge in [0.25, 0.3) is 0 Å². The van der Waals surface area contributed by atoms with Crippen molar-refractivity contribution in [2.75, 3.05) is 47.6 Å². The molecule has 7 nitrogen and oxygen atoms in total. The lowest BCUT2D eigenvalue weighted by Crippen LogP contribution is -2.35. The maximum absolute atomic E-state index is 12.8. The van der Waals surface area contributed by atoms with E-state index < -0.39 is 6.67 Å². The van der Waals surface area contributed by atoms with E-state index in [1.165, 1.54) is 0 Å². The van der Waals surface area contributed by atoms with Crippen LogP contribution < -0.4 is 19.5 Å². The number of fused-ring (bicyclic) bond motifs is 1. The first kappa shape index (κ1) is 25.3. The van der Waals surface area contributed by atoms with Gasteiger partial charge in [0.05, 0.1) is 33.7 Å². The molecule has 0 radical (unpaired) electrons. The molecule has 0 aromatic heterocycles. The van der Waals surface area contributed by atoms with Crippen LogP contribution in [0, 0.1) is 5.92 Å². The van der Waals surface area contributed by atoms with Gasteiger partial charge in [-0.15, -0.1) is 0 Å². The van der Waals surface area contributed by atoms with E-state index in [2.05, 4.69) is 11.4 Å². The van der Waals surface area contributed by atoms with E-state index in [9.17, 15) is 14.0 Å². The summed E-state index contributed by atoms with van der Waals surface area (Å²) in [5.74, 6) is 1.25. The molecule has 3 aromatic carbocycles. The van der Waals surface area contributed by atoms with E-state index in [4.69, 9.17) is 14.2 Å². The molecule has 0 saturated carbocycles. The van der Waals surface area contributed by atoms with E-state index in [0.717, 1.165) is 27.5 Å². The van der Waals surface area contributed by atoms with Crippen molar-refractivity contribution in [1.82, 2.24) is 10.2 Å². The SMILES string of the molecule is COc1cc(-c2ccc3cc(CC(=O)N4CC[C@H](C(=O)NCCF)C4)ccc3c2)cc(OC)c1OC. The number of carbonyl (C=O) groups excluding carboxylic acids is 2. The van der Waals surface area contributed by atoms with Crippen LogP contribution in [0.3, 0.4) is 0 Å². The van der Waals surface area contributed by atoms with Crippen molar-refractivity contribution in [3.8, 4) is 28.4 Å². The standard InChI is InChI=1S/C28H31FN2O5/c1-34-24-15-23(16-25(35-2)27(24)36-3)21-7-6-19-12-18(4-5-20(19)14-21)13-26(32)31-11-8-22(17-31)28(33)30-10-9-29/h4-7,12,14-16,22H,8-11,13,17H2,1-3H3,(H,30,33)/t22-/m0/s1. The fourth-order valence-electron chi connectivity index (χ4n) is 4.63. The first-order chi connectivity index (χ1) is 17.5. The largest absolute Gasteiger partial charge is 0.493 e. The van der Waals surface area contributed by atoms with Crippen molar-refractivity contribution in [2.24, 2.45) is 5.92 Å². The second-order valence-corrected chi connectivity index (χ2v) is 8.79. The van der Waals surface area contributed by atoms with Crippen LogP contribution in [0.25, 0.3) is 21.9 Å². The van der Waals surface area contributed by atoms with Crippen molar-refractivity contribution < 1.29 is 28.2 Å². The molecule has 1 N–H and O–H groups in total. The van der Waals surface area contributed by atoms with Gasteiger partial charge in [0.2, 0.25) is 17.6 Å². The Bertz CT molecular complexity index is 1240. The Morgan fingerprint density at radius 1 is 0.944 bits per heavy atom. The van der Waals surface area contributed by atoms with Gasteiger partial charge in [-0.3, -0.25) is 9.59 Å². The minimum atomic E-state index is -0.590. The number of hydrogen-bond acceptors (Lipinski definition) is 5. The molecule has 1 heterocycles. The average Bonchev–Trinajstić information content (AvgIpc) is 3.41. The molecule has 190 valence electrons. The highest BCUT2D eigenvalue weighted by molar-refractivity contribution is 5.90. The van der Waals surface area contributed by atoms with Crippen molar-refractivity contribution in [3.05, 3.63) is 54.1 Å². The van der Waals surface area contributed by atoms with Crippen molar-refractivity contribution >= 4 is 22.6 Å². The number of carbonyl (C=O) groups is 2. The molecule has 36 heavy (non-hydrogen) atoms. The number of rotatable bonds is 9. The Labute approximate surface area is 210 Å². The molecule has 0 unspecified atom stereocenters. The predicted octanol–water partition coefficient (Wildman–Crippen LogP) is 4.01. The Kier molecular flexibility index (Phi) is 7.93. The first-order valence-electron chi connectivity index (χ1n) is 11.9. The van der Waals surface area contributed by atoms with Gasteiger partial charge >= 0.3 is 0 Å². The molecule has 0 spiro atoms. The lowest BCUT2D eigenvalue weighted by atomic mass is 9.98. The molecule has 1 aliphatic rings. The fourth-order valence-corrected chi connectivity index (χ4v) is 4.63. The summed E-state index contributed by atoms with van der Waals surface area (Å²) >= 11 is 0. The normalized spacial score (nSPS) is 15.1. The first-order valence-corrected chi connectivity index (χ1v) is 11.9. The lowest BCUT2D eigenvalue weighted by Gasteiger charge is -2.17. The number of alkyl halides is 1. The Balaban J connectivity index is 1.48. The summed E-state index contributed by atoms with van der Waals surface area (Å²) in [6, 6.07) is 16.0. The Hall–Kier alpha value is -3.81. The smallest absolute Gasteiger partial charge is 0.227 e. The van der Waals surface area contributed by atoms with Crippen molar-refractivity contribution in [1.29, 1.82) is 0 Å². The minimum absolute atomic E-state index is 0.0100. The molecule has 2 amide bonds. The fraction of sp³-hybridized carbons (Fsp3) is 0.357. The monoisotopic (exact) mass is 494 g/mol. The number of ether oxygens (including phenoxy) is 3. The lowest BCUT2D eigenvalue weighted by molar-refractivity contribution is -0.130. The summed E-state index contributed by atoms with van der Waals surface area (Å²) in [6.07, 6.45) is 0.870. The number of amides is 2. The quantitative estimate of drug-likeness (QED) is 0.487. The number of likely N-dealkylation sites (tertiary alicyclic amines) is 1. The third-order valence-corrected chi connectivity index (χ3v) is 6.56. The summed E-state index contributed by atoms with van der Waals surface area (Å²) in [4.78, 5) is 26.6. The number of methoxy groups -OCH3 is 3. The zero-order chi connectivity index (χ0) is 25.7. The van der Waals surface area contributed by atoms with E-state index in [1.54, 1.807) is 26.2 Å². The number of hydrogen-bond donors (Lipinski definition) is 1. The molecule has 1 atom stereocenters. The number of halogens is 1. The van der Waals surface area contributed by atoms with E-state index in [0.29, 0.717) is 36.8 Å².